The third-order valence-corrected chi connectivity index (χ3v) is 4.24. The Morgan fingerprint density at radius 3 is 2.52 bits per heavy atom. The van der Waals surface area contributed by atoms with E-state index >= 15 is 0 Å². The second-order valence-electron chi connectivity index (χ2n) is 5.40. The van der Waals surface area contributed by atoms with E-state index in [9.17, 15) is 0 Å². The number of pyridine rings is 1. The lowest BCUT2D eigenvalue weighted by Crippen LogP contribution is -1.97. The molecule has 0 aliphatic carbocycles. The molecular weight excluding hydrogens is 359 g/mol. The lowest BCUT2D eigenvalue weighted by atomic mass is 10.3. The largest absolute Gasteiger partial charge is 0.323 e. The molecule has 4 rings (SSSR count). The van der Waals surface area contributed by atoms with Gasteiger partial charge in [-0.2, -0.15) is 5.10 Å². The van der Waals surface area contributed by atoms with Gasteiger partial charge in [0.2, 0.25) is 0 Å². The number of benzene rings is 1. The smallest absolute Gasteiger partial charge is 0.150 e. The molecule has 0 amide bonds. The number of anilines is 2. The van der Waals surface area contributed by atoms with Crippen LogP contribution in [0.15, 0.2) is 49.1 Å². The molecular formula is C17H12Cl2N6. The van der Waals surface area contributed by atoms with Crippen LogP contribution in [-0.2, 0) is 0 Å². The fourth-order valence-corrected chi connectivity index (χ4v) is 3.02. The van der Waals surface area contributed by atoms with Crippen LogP contribution in [0.25, 0.3) is 16.6 Å². The normalized spacial score (nSPS) is 11.0. The first-order valence-electron chi connectivity index (χ1n) is 7.46. The summed E-state index contributed by atoms with van der Waals surface area (Å²) >= 11 is 12.6. The maximum atomic E-state index is 6.28. The zero-order valence-electron chi connectivity index (χ0n) is 13.1. The second kappa shape index (κ2) is 6.31. The van der Waals surface area contributed by atoms with Crippen LogP contribution >= 0.6 is 23.2 Å². The molecule has 0 unspecified atom stereocenters. The van der Waals surface area contributed by atoms with Gasteiger partial charge in [-0.1, -0.05) is 29.3 Å². The van der Waals surface area contributed by atoms with Crippen LogP contribution in [0.1, 0.15) is 5.69 Å². The van der Waals surface area contributed by atoms with Crippen LogP contribution in [0.3, 0.4) is 0 Å². The molecule has 8 heteroatoms. The van der Waals surface area contributed by atoms with Crippen molar-refractivity contribution in [1.29, 1.82) is 0 Å². The number of aromatic nitrogens is 5. The highest BCUT2D eigenvalue weighted by atomic mass is 35.5. The summed E-state index contributed by atoms with van der Waals surface area (Å²) in [6.07, 6.45) is 6.86. The predicted molar refractivity (Wildman–Crippen MR) is 98.9 cm³/mol. The predicted octanol–water partition coefficient (Wildman–Crippen LogP) is 4.57. The molecule has 124 valence electrons. The van der Waals surface area contributed by atoms with E-state index in [4.69, 9.17) is 23.2 Å². The van der Waals surface area contributed by atoms with E-state index in [0.29, 0.717) is 27.4 Å². The molecule has 0 bridgehead atoms. The zero-order valence-corrected chi connectivity index (χ0v) is 14.6. The Hall–Kier alpha value is -2.70. The van der Waals surface area contributed by atoms with Gasteiger partial charge in [0.25, 0.3) is 0 Å². The maximum Gasteiger partial charge on any atom is 0.150 e. The molecule has 0 atom stereocenters. The zero-order chi connectivity index (χ0) is 17.4. The van der Waals surface area contributed by atoms with Crippen molar-refractivity contribution in [2.45, 2.75) is 6.92 Å². The van der Waals surface area contributed by atoms with E-state index in [1.165, 1.54) is 0 Å². The summed E-state index contributed by atoms with van der Waals surface area (Å²) in [6.45, 7) is 1.88. The summed E-state index contributed by atoms with van der Waals surface area (Å²) in [6, 6.07) is 7.16. The average Bonchev–Trinajstić information content (AvgIpc) is 3.01. The van der Waals surface area contributed by atoms with Gasteiger partial charge in [-0.05, 0) is 25.1 Å². The summed E-state index contributed by atoms with van der Waals surface area (Å²) in [5, 5.41) is 9.58. The highest BCUT2D eigenvalue weighted by Crippen LogP contribution is 2.30. The summed E-state index contributed by atoms with van der Waals surface area (Å²) < 4.78 is 1.66. The van der Waals surface area contributed by atoms with E-state index in [-0.39, 0.29) is 0 Å². The monoisotopic (exact) mass is 370 g/mol. The molecule has 1 aromatic carbocycles. The van der Waals surface area contributed by atoms with Crippen molar-refractivity contribution < 1.29 is 0 Å². The molecule has 0 saturated heterocycles. The van der Waals surface area contributed by atoms with E-state index in [1.807, 2.05) is 19.2 Å². The first-order chi connectivity index (χ1) is 12.1. The van der Waals surface area contributed by atoms with Crippen molar-refractivity contribution in [3.63, 3.8) is 0 Å². The van der Waals surface area contributed by atoms with Crippen LogP contribution < -0.4 is 5.32 Å². The first-order valence-corrected chi connectivity index (χ1v) is 8.22. The average molecular weight is 371 g/mol. The summed E-state index contributed by atoms with van der Waals surface area (Å²) in [7, 11) is 0. The molecule has 0 radical (unpaired) electrons. The fourth-order valence-electron chi connectivity index (χ4n) is 2.45. The molecule has 0 aliphatic rings. The minimum atomic E-state index is 0.521. The van der Waals surface area contributed by atoms with Crippen molar-refractivity contribution in [3.8, 4) is 5.69 Å². The Bertz CT molecular complexity index is 1040. The van der Waals surface area contributed by atoms with E-state index in [1.54, 1.807) is 41.5 Å². The molecule has 3 heterocycles. The first kappa shape index (κ1) is 15.8. The summed E-state index contributed by atoms with van der Waals surface area (Å²) in [5.74, 6) is 1.24. The number of halogens is 2. The standard InChI is InChI=1S/C17H12Cl2N6/c1-10-7-22-15(8-21-10)23-17-11-9-25(24-14(11)5-6-20-17)16-12(18)3-2-4-13(16)19/h2-9H,1H3,(H,20,22,23). The van der Waals surface area contributed by atoms with Crippen LogP contribution in [0.5, 0.6) is 0 Å². The highest BCUT2D eigenvalue weighted by molar-refractivity contribution is 6.37. The fraction of sp³-hybridized carbons (Fsp3) is 0.0588. The van der Waals surface area contributed by atoms with Crippen LogP contribution in [-0.4, -0.2) is 24.7 Å². The lowest BCUT2D eigenvalue weighted by molar-refractivity contribution is 0.897. The Morgan fingerprint density at radius 2 is 1.80 bits per heavy atom. The summed E-state index contributed by atoms with van der Waals surface area (Å²) in [4.78, 5) is 12.9. The molecule has 0 aliphatic heterocycles. The van der Waals surface area contributed by atoms with Crippen LogP contribution in [0, 0.1) is 6.92 Å². The number of aryl methyl sites for hydroxylation is 1. The van der Waals surface area contributed by atoms with Gasteiger partial charge < -0.3 is 5.32 Å². The second-order valence-corrected chi connectivity index (χ2v) is 6.22. The van der Waals surface area contributed by atoms with Gasteiger partial charge in [0.15, 0.2) is 0 Å². The van der Waals surface area contributed by atoms with Crippen molar-refractivity contribution in [2.75, 3.05) is 5.32 Å². The number of hydrogen-bond acceptors (Lipinski definition) is 5. The van der Waals surface area contributed by atoms with Crippen LogP contribution in [0.2, 0.25) is 10.0 Å². The quantitative estimate of drug-likeness (QED) is 0.571. The van der Waals surface area contributed by atoms with Gasteiger partial charge in [0.05, 0.1) is 39.0 Å². The molecule has 0 saturated carbocycles. The Labute approximate surface area is 153 Å². The number of hydrogen-bond donors (Lipinski definition) is 1. The van der Waals surface area contributed by atoms with Gasteiger partial charge in [0, 0.05) is 12.4 Å². The van der Waals surface area contributed by atoms with Crippen molar-refractivity contribution in [2.24, 2.45) is 0 Å². The topological polar surface area (TPSA) is 68.5 Å². The number of nitrogens with one attached hydrogen (secondary N) is 1. The molecule has 0 fully saturated rings. The Morgan fingerprint density at radius 1 is 1.00 bits per heavy atom. The number of para-hydroxylation sites is 1. The van der Waals surface area contributed by atoms with Crippen molar-refractivity contribution in [3.05, 3.63) is 64.8 Å². The molecule has 25 heavy (non-hydrogen) atoms. The Kier molecular flexibility index (Phi) is 3.99. The van der Waals surface area contributed by atoms with E-state index in [0.717, 1.165) is 16.6 Å². The van der Waals surface area contributed by atoms with E-state index < -0.39 is 0 Å². The van der Waals surface area contributed by atoms with Gasteiger partial charge in [-0.25, -0.2) is 14.6 Å². The molecule has 1 N–H and O–H groups in total. The van der Waals surface area contributed by atoms with Gasteiger partial charge in [0.1, 0.15) is 17.3 Å². The summed E-state index contributed by atoms with van der Waals surface area (Å²) in [5.41, 5.74) is 2.23. The minimum absolute atomic E-state index is 0.521. The highest BCUT2D eigenvalue weighted by Gasteiger charge is 2.13. The Balaban J connectivity index is 1.80. The number of fused-ring (bicyclic) bond motifs is 1. The number of nitrogens with zero attached hydrogens (tertiary/aromatic N) is 5. The molecule has 4 aromatic rings. The minimum Gasteiger partial charge on any atom is -0.323 e. The SMILES string of the molecule is Cc1cnc(Nc2nccc3nn(-c4c(Cl)cccc4Cl)cc23)cn1. The third kappa shape index (κ3) is 3.01. The van der Waals surface area contributed by atoms with Gasteiger partial charge in [-0.15, -0.1) is 0 Å². The lowest BCUT2D eigenvalue weighted by Gasteiger charge is -2.06. The molecule has 6 nitrogen and oxygen atoms in total. The van der Waals surface area contributed by atoms with Crippen molar-refractivity contribution in [1.82, 2.24) is 24.7 Å². The van der Waals surface area contributed by atoms with Gasteiger partial charge >= 0.3 is 0 Å². The van der Waals surface area contributed by atoms with Crippen LogP contribution in [0.4, 0.5) is 11.6 Å². The van der Waals surface area contributed by atoms with Gasteiger partial charge in [-0.3, -0.25) is 4.98 Å². The molecule has 0 spiro atoms. The number of rotatable bonds is 3. The van der Waals surface area contributed by atoms with Crippen molar-refractivity contribution >= 4 is 45.7 Å². The van der Waals surface area contributed by atoms with E-state index in [2.05, 4.69) is 25.4 Å². The third-order valence-electron chi connectivity index (χ3n) is 3.63. The molecule has 3 aromatic heterocycles. The maximum absolute atomic E-state index is 6.28.